The van der Waals surface area contributed by atoms with Crippen molar-refractivity contribution in [1.29, 1.82) is 0 Å². The lowest BCUT2D eigenvalue weighted by atomic mass is 10.1. The number of para-hydroxylation sites is 1. The van der Waals surface area contributed by atoms with Crippen LogP contribution >= 0.6 is 11.3 Å². The second kappa shape index (κ2) is 6.97. The van der Waals surface area contributed by atoms with Crippen LogP contribution in [0.4, 0.5) is 0 Å². The van der Waals surface area contributed by atoms with E-state index < -0.39 is 5.97 Å². The molecule has 2 rings (SSSR count). The van der Waals surface area contributed by atoms with Crippen molar-refractivity contribution in [2.45, 2.75) is 13.3 Å². The third-order valence-electron chi connectivity index (χ3n) is 2.41. The molecule has 0 aliphatic carbocycles. The molecular formula is C13H14N2O4S. The Morgan fingerprint density at radius 3 is 2.90 bits per heavy atom. The smallest absolute Gasteiger partial charge is 0.369 e. The first-order valence-electron chi connectivity index (χ1n) is 6.11. The lowest BCUT2D eigenvalue weighted by Crippen LogP contribution is -2.03. The average Bonchev–Trinajstić information content (AvgIpc) is 2.90. The van der Waals surface area contributed by atoms with Gasteiger partial charge in [-0.3, -0.25) is 0 Å². The van der Waals surface area contributed by atoms with Gasteiger partial charge in [-0.05, 0) is 36.3 Å². The molecule has 0 fully saturated rings. The Morgan fingerprint density at radius 1 is 1.35 bits per heavy atom. The van der Waals surface area contributed by atoms with Crippen molar-refractivity contribution < 1.29 is 19.4 Å². The molecule has 0 aliphatic heterocycles. The number of aliphatic hydroxyl groups is 1. The minimum absolute atomic E-state index is 0.0323. The number of ether oxygens (including phenoxy) is 2. The van der Waals surface area contributed by atoms with Gasteiger partial charge in [-0.2, -0.15) is 0 Å². The van der Waals surface area contributed by atoms with E-state index in [0.717, 1.165) is 16.9 Å². The Labute approximate surface area is 120 Å². The van der Waals surface area contributed by atoms with Crippen LogP contribution in [0.1, 0.15) is 22.3 Å². The Hall–Kier alpha value is -1.99. The summed E-state index contributed by atoms with van der Waals surface area (Å²) in [5.41, 5.74) is 0.864. The van der Waals surface area contributed by atoms with Gasteiger partial charge in [0, 0.05) is 6.61 Å². The van der Waals surface area contributed by atoms with Gasteiger partial charge in [0.2, 0.25) is 5.01 Å². The summed E-state index contributed by atoms with van der Waals surface area (Å²) in [7, 11) is 0. The number of rotatable bonds is 6. The minimum Gasteiger partial charge on any atom is -0.461 e. The van der Waals surface area contributed by atoms with Crippen molar-refractivity contribution in [3.8, 4) is 10.9 Å². The van der Waals surface area contributed by atoms with Gasteiger partial charge in [-0.1, -0.05) is 23.3 Å². The van der Waals surface area contributed by atoms with Crippen LogP contribution in [0.5, 0.6) is 10.9 Å². The molecule has 1 N–H and O–H groups in total. The molecule has 0 aliphatic rings. The van der Waals surface area contributed by atoms with Gasteiger partial charge in [0.05, 0.1) is 6.61 Å². The number of benzene rings is 1. The molecule has 106 valence electrons. The van der Waals surface area contributed by atoms with E-state index in [1.165, 1.54) is 0 Å². The van der Waals surface area contributed by atoms with Crippen molar-refractivity contribution in [1.82, 2.24) is 10.2 Å². The second-order valence-electron chi connectivity index (χ2n) is 3.78. The summed E-state index contributed by atoms with van der Waals surface area (Å²) in [4.78, 5) is 11.5. The Morgan fingerprint density at radius 2 is 2.15 bits per heavy atom. The summed E-state index contributed by atoms with van der Waals surface area (Å²) in [6.07, 6.45) is 0.486. The summed E-state index contributed by atoms with van der Waals surface area (Å²) < 4.78 is 10.4. The molecule has 20 heavy (non-hydrogen) atoms. The van der Waals surface area contributed by atoms with E-state index in [-0.39, 0.29) is 23.4 Å². The van der Waals surface area contributed by atoms with Crippen LogP contribution in [0.25, 0.3) is 0 Å². The maximum atomic E-state index is 11.5. The summed E-state index contributed by atoms with van der Waals surface area (Å²) in [6, 6.07) is 7.32. The Bertz CT molecular complexity index is 585. The summed E-state index contributed by atoms with van der Waals surface area (Å²) >= 11 is 1.02. The van der Waals surface area contributed by atoms with Gasteiger partial charge >= 0.3 is 5.97 Å². The molecule has 0 bridgehead atoms. The average molecular weight is 294 g/mol. The van der Waals surface area contributed by atoms with Crippen molar-refractivity contribution in [2.24, 2.45) is 0 Å². The highest BCUT2D eigenvalue weighted by atomic mass is 32.1. The molecule has 0 radical (unpaired) electrons. The molecule has 0 amide bonds. The molecule has 1 aromatic carbocycles. The van der Waals surface area contributed by atoms with E-state index in [1.807, 2.05) is 18.2 Å². The predicted molar refractivity (Wildman–Crippen MR) is 73.2 cm³/mol. The fraction of sp³-hybridized carbons (Fsp3) is 0.308. The molecule has 1 aromatic heterocycles. The van der Waals surface area contributed by atoms with E-state index in [0.29, 0.717) is 12.2 Å². The van der Waals surface area contributed by atoms with E-state index in [4.69, 9.17) is 14.6 Å². The number of carbonyl (C=O) groups is 1. The highest BCUT2D eigenvalue weighted by molar-refractivity contribution is 7.14. The molecule has 1 heterocycles. The monoisotopic (exact) mass is 294 g/mol. The fourth-order valence-electron chi connectivity index (χ4n) is 1.55. The predicted octanol–water partition coefficient (Wildman–Crippen LogP) is 2.04. The Kier molecular flexibility index (Phi) is 5.03. The molecule has 0 atom stereocenters. The van der Waals surface area contributed by atoms with Crippen LogP contribution in [-0.2, 0) is 11.2 Å². The zero-order valence-corrected chi connectivity index (χ0v) is 11.7. The highest BCUT2D eigenvalue weighted by Gasteiger charge is 2.15. The van der Waals surface area contributed by atoms with Crippen molar-refractivity contribution in [2.75, 3.05) is 13.2 Å². The van der Waals surface area contributed by atoms with Crippen molar-refractivity contribution >= 4 is 17.3 Å². The van der Waals surface area contributed by atoms with E-state index in [9.17, 15) is 4.79 Å². The first kappa shape index (κ1) is 14.4. The number of esters is 1. The van der Waals surface area contributed by atoms with E-state index >= 15 is 0 Å². The summed E-state index contributed by atoms with van der Waals surface area (Å²) in [6.45, 7) is 2.04. The molecule has 0 saturated carbocycles. The van der Waals surface area contributed by atoms with Gasteiger partial charge < -0.3 is 14.6 Å². The number of carbonyl (C=O) groups excluding carboxylic acids is 1. The fourth-order valence-corrected chi connectivity index (χ4v) is 2.15. The van der Waals surface area contributed by atoms with E-state index in [1.54, 1.807) is 13.0 Å². The lowest BCUT2D eigenvalue weighted by molar-refractivity contribution is 0.0525. The van der Waals surface area contributed by atoms with Crippen LogP contribution in [0.2, 0.25) is 0 Å². The molecule has 6 nitrogen and oxygen atoms in total. The van der Waals surface area contributed by atoms with Gasteiger partial charge in [0.15, 0.2) is 0 Å². The number of hydrogen-bond donors (Lipinski definition) is 1. The van der Waals surface area contributed by atoms with Crippen LogP contribution in [0.3, 0.4) is 0 Å². The van der Waals surface area contributed by atoms with Crippen LogP contribution in [0, 0.1) is 0 Å². The highest BCUT2D eigenvalue weighted by Crippen LogP contribution is 2.28. The van der Waals surface area contributed by atoms with Crippen molar-refractivity contribution in [3.63, 3.8) is 0 Å². The normalized spacial score (nSPS) is 10.3. The maximum absolute atomic E-state index is 11.5. The zero-order chi connectivity index (χ0) is 14.4. The molecule has 2 aromatic rings. The lowest BCUT2D eigenvalue weighted by Gasteiger charge is -2.06. The number of aromatic nitrogens is 2. The maximum Gasteiger partial charge on any atom is 0.369 e. The van der Waals surface area contributed by atoms with Crippen LogP contribution in [0.15, 0.2) is 24.3 Å². The minimum atomic E-state index is -0.511. The number of nitrogens with zero attached hydrogens (tertiary/aromatic N) is 2. The topological polar surface area (TPSA) is 81.5 Å². The molecule has 0 spiro atoms. The van der Waals surface area contributed by atoms with Gasteiger partial charge in [-0.15, -0.1) is 5.10 Å². The quantitative estimate of drug-likeness (QED) is 0.821. The molecule has 7 heteroatoms. The van der Waals surface area contributed by atoms with E-state index in [2.05, 4.69) is 10.2 Å². The van der Waals surface area contributed by atoms with Gasteiger partial charge in [0.1, 0.15) is 5.75 Å². The van der Waals surface area contributed by atoms with Crippen LogP contribution < -0.4 is 4.74 Å². The number of hydrogen-bond acceptors (Lipinski definition) is 7. The molecular weight excluding hydrogens is 280 g/mol. The summed E-state index contributed by atoms with van der Waals surface area (Å²) in [5.74, 6) is 0.0802. The first-order valence-corrected chi connectivity index (χ1v) is 6.93. The SMILES string of the molecule is CCOC(=O)c1nnc(Oc2ccccc2CCO)s1. The van der Waals surface area contributed by atoms with Gasteiger partial charge in [-0.25, -0.2) is 4.79 Å². The van der Waals surface area contributed by atoms with Crippen LogP contribution in [-0.4, -0.2) is 34.5 Å². The standard InChI is InChI=1S/C13H14N2O4S/c1-2-18-12(17)11-14-15-13(20-11)19-10-6-4-3-5-9(10)7-8-16/h3-6,16H,2,7-8H2,1H3. The van der Waals surface area contributed by atoms with Gasteiger partial charge in [0.25, 0.3) is 5.19 Å². The zero-order valence-electron chi connectivity index (χ0n) is 10.9. The third kappa shape index (κ3) is 3.52. The van der Waals surface area contributed by atoms with Crippen molar-refractivity contribution in [3.05, 3.63) is 34.8 Å². The Balaban J connectivity index is 2.12. The molecule has 0 unspecified atom stereocenters. The molecule has 0 saturated heterocycles. The summed E-state index contributed by atoms with van der Waals surface area (Å²) in [5, 5.41) is 16.9. The largest absolute Gasteiger partial charge is 0.461 e. The second-order valence-corrected chi connectivity index (χ2v) is 4.72. The number of aliphatic hydroxyl groups excluding tert-OH is 1. The third-order valence-corrected chi connectivity index (χ3v) is 3.19. The first-order chi connectivity index (χ1) is 9.74.